The number of carbonyl (C=O) groups is 1. The molecule has 2 aromatic carbocycles. The Morgan fingerprint density at radius 1 is 1.25 bits per heavy atom. The third kappa shape index (κ3) is 4.45. The zero-order valence-electron chi connectivity index (χ0n) is 12.8. The number of amides is 1. The minimum atomic E-state index is -3.74. The van der Waals surface area contributed by atoms with Gasteiger partial charge < -0.3 is 5.32 Å². The average Bonchev–Trinajstić information content (AvgIpc) is 2.55. The van der Waals surface area contributed by atoms with Crippen LogP contribution in [0.5, 0.6) is 0 Å². The first-order valence-corrected chi connectivity index (χ1v) is 9.22. The van der Waals surface area contributed by atoms with E-state index in [-0.39, 0.29) is 17.0 Å². The number of benzene rings is 2. The summed E-state index contributed by atoms with van der Waals surface area (Å²) >= 11 is 3.36. The van der Waals surface area contributed by atoms with E-state index in [1.54, 1.807) is 12.1 Å². The number of halogens is 1. The quantitative estimate of drug-likeness (QED) is 0.749. The second-order valence-corrected chi connectivity index (χ2v) is 7.65. The molecule has 0 saturated carbocycles. The first-order chi connectivity index (χ1) is 11.3. The van der Waals surface area contributed by atoms with Gasteiger partial charge in [0.15, 0.2) is 0 Å². The van der Waals surface area contributed by atoms with Crippen LogP contribution in [0, 0.1) is 19.3 Å². The van der Waals surface area contributed by atoms with Crippen LogP contribution in [0.3, 0.4) is 0 Å². The number of hydrogen-bond acceptors (Lipinski definition) is 3. The third-order valence-corrected chi connectivity index (χ3v) is 5.10. The average molecular weight is 407 g/mol. The molecule has 0 saturated heterocycles. The topological polar surface area (TPSA) is 75.3 Å². The molecular weight excluding hydrogens is 392 g/mol. The molecule has 0 aliphatic heterocycles. The minimum Gasteiger partial charge on any atom is -0.322 e. The van der Waals surface area contributed by atoms with Gasteiger partial charge in [0, 0.05) is 15.7 Å². The predicted molar refractivity (Wildman–Crippen MR) is 97.3 cm³/mol. The molecule has 124 valence electrons. The van der Waals surface area contributed by atoms with Gasteiger partial charge in [-0.05, 0) is 48.9 Å². The number of carbonyl (C=O) groups excluding carboxylic acids is 1. The Morgan fingerprint density at radius 3 is 2.67 bits per heavy atom. The lowest BCUT2D eigenvalue weighted by molar-refractivity contribution is 0.102. The molecule has 0 bridgehead atoms. The molecule has 0 radical (unpaired) electrons. The SMILES string of the molecule is C#CCNS(=O)(=O)c1cccc(C(=O)Nc2ccc(Br)cc2C)c1. The summed E-state index contributed by atoms with van der Waals surface area (Å²) in [6.07, 6.45) is 5.06. The molecule has 24 heavy (non-hydrogen) atoms. The van der Waals surface area contributed by atoms with Gasteiger partial charge in [-0.25, -0.2) is 8.42 Å². The number of terminal acetylenes is 1. The minimum absolute atomic E-state index is 0.0158. The number of nitrogens with one attached hydrogen (secondary N) is 2. The van der Waals surface area contributed by atoms with Crippen LogP contribution in [0.15, 0.2) is 51.8 Å². The Bertz CT molecular complexity index is 918. The van der Waals surface area contributed by atoms with E-state index in [4.69, 9.17) is 6.42 Å². The summed E-state index contributed by atoms with van der Waals surface area (Å²) in [6, 6.07) is 11.2. The summed E-state index contributed by atoms with van der Waals surface area (Å²) in [5.74, 6) is 1.81. The summed E-state index contributed by atoms with van der Waals surface area (Å²) in [4.78, 5) is 12.4. The molecule has 2 N–H and O–H groups in total. The Kier molecular flexibility index (Phi) is 5.78. The van der Waals surface area contributed by atoms with Gasteiger partial charge in [-0.1, -0.05) is 27.9 Å². The molecule has 0 aliphatic carbocycles. The van der Waals surface area contributed by atoms with Gasteiger partial charge in [-0.15, -0.1) is 6.42 Å². The molecule has 0 spiro atoms. The highest BCUT2D eigenvalue weighted by Gasteiger charge is 2.16. The summed E-state index contributed by atoms with van der Waals surface area (Å²) in [6.45, 7) is 1.75. The lowest BCUT2D eigenvalue weighted by atomic mass is 10.1. The van der Waals surface area contributed by atoms with E-state index in [1.165, 1.54) is 18.2 Å². The van der Waals surface area contributed by atoms with Gasteiger partial charge >= 0.3 is 0 Å². The Hall–Kier alpha value is -2.14. The first-order valence-electron chi connectivity index (χ1n) is 6.94. The largest absolute Gasteiger partial charge is 0.322 e. The van der Waals surface area contributed by atoms with Crippen molar-refractivity contribution in [3.63, 3.8) is 0 Å². The van der Waals surface area contributed by atoms with Gasteiger partial charge in [0.05, 0.1) is 11.4 Å². The molecule has 0 unspecified atom stereocenters. The Balaban J connectivity index is 2.25. The van der Waals surface area contributed by atoms with Gasteiger partial charge in [0.1, 0.15) is 0 Å². The van der Waals surface area contributed by atoms with E-state index in [0.29, 0.717) is 5.69 Å². The maximum Gasteiger partial charge on any atom is 0.255 e. The highest BCUT2D eigenvalue weighted by atomic mass is 79.9. The molecule has 2 rings (SSSR count). The van der Waals surface area contributed by atoms with Gasteiger partial charge in [-0.2, -0.15) is 4.72 Å². The fourth-order valence-electron chi connectivity index (χ4n) is 1.99. The molecule has 7 heteroatoms. The number of aryl methyl sites for hydroxylation is 1. The fraction of sp³-hybridized carbons (Fsp3) is 0.118. The van der Waals surface area contributed by atoms with Crippen LogP contribution in [0.1, 0.15) is 15.9 Å². The van der Waals surface area contributed by atoms with Crippen LogP contribution < -0.4 is 10.0 Å². The normalized spacial score (nSPS) is 10.9. The molecule has 0 fully saturated rings. The summed E-state index contributed by atoms with van der Waals surface area (Å²) in [5.41, 5.74) is 1.78. The van der Waals surface area contributed by atoms with Crippen molar-refractivity contribution >= 4 is 37.5 Å². The summed E-state index contributed by atoms with van der Waals surface area (Å²) in [7, 11) is -3.74. The van der Waals surface area contributed by atoms with Crippen LogP contribution in [0.25, 0.3) is 0 Å². The number of rotatable bonds is 5. The van der Waals surface area contributed by atoms with Crippen molar-refractivity contribution in [3.8, 4) is 12.3 Å². The smallest absolute Gasteiger partial charge is 0.255 e. The van der Waals surface area contributed by atoms with Crippen molar-refractivity contribution in [2.45, 2.75) is 11.8 Å². The van der Waals surface area contributed by atoms with E-state index in [1.807, 2.05) is 19.1 Å². The Morgan fingerprint density at radius 2 is 2.00 bits per heavy atom. The lowest BCUT2D eigenvalue weighted by Gasteiger charge is -2.10. The highest BCUT2D eigenvalue weighted by molar-refractivity contribution is 9.10. The van der Waals surface area contributed by atoms with Gasteiger partial charge in [0.2, 0.25) is 10.0 Å². The number of anilines is 1. The molecule has 5 nitrogen and oxygen atoms in total. The molecule has 2 aromatic rings. The maximum atomic E-state index is 12.4. The van der Waals surface area contributed by atoms with E-state index < -0.39 is 15.9 Å². The van der Waals surface area contributed by atoms with E-state index >= 15 is 0 Å². The lowest BCUT2D eigenvalue weighted by Crippen LogP contribution is -2.24. The standard InChI is InChI=1S/C17H15BrN2O3S/c1-3-9-19-24(22,23)15-6-4-5-13(11-15)17(21)20-16-8-7-14(18)10-12(16)2/h1,4-8,10-11,19H,9H2,2H3,(H,20,21). The van der Waals surface area contributed by atoms with E-state index in [2.05, 4.69) is 31.9 Å². The van der Waals surface area contributed by atoms with Crippen LogP contribution in [-0.2, 0) is 10.0 Å². The summed E-state index contributed by atoms with van der Waals surface area (Å²) in [5, 5.41) is 2.77. The van der Waals surface area contributed by atoms with Crippen molar-refractivity contribution in [3.05, 3.63) is 58.1 Å². The van der Waals surface area contributed by atoms with Crippen LogP contribution in [-0.4, -0.2) is 20.9 Å². The van der Waals surface area contributed by atoms with Gasteiger partial charge in [0.25, 0.3) is 5.91 Å². The fourth-order valence-corrected chi connectivity index (χ4v) is 3.44. The van der Waals surface area contributed by atoms with Crippen LogP contribution >= 0.6 is 15.9 Å². The molecule has 0 heterocycles. The zero-order valence-corrected chi connectivity index (χ0v) is 15.2. The van der Waals surface area contributed by atoms with Crippen molar-refractivity contribution in [1.82, 2.24) is 4.72 Å². The van der Waals surface area contributed by atoms with Crippen molar-refractivity contribution in [2.24, 2.45) is 0 Å². The second kappa shape index (κ2) is 7.62. The predicted octanol–water partition coefficient (Wildman–Crippen LogP) is 2.92. The van der Waals surface area contributed by atoms with Crippen molar-refractivity contribution in [1.29, 1.82) is 0 Å². The molecule has 0 aliphatic rings. The molecule has 0 aromatic heterocycles. The summed E-state index contributed by atoms with van der Waals surface area (Å²) < 4.78 is 27.3. The Labute approximate surface area is 149 Å². The molecular formula is C17H15BrN2O3S. The van der Waals surface area contributed by atoms with Crippen molar-refractivity contribution < 1.29 is 13.2 Å². The molecule has 1 amide bonds. The van der Waals surface area contributed by atoms with Crippen molar-refractivity contribution in [2.75, 3.05) is 11.9 Å². The monoisotopic (exact) mass is 406 g/mol. The number of hydrogen-bond donors (Lipinski definition) is 2. The van der Waals surface area contributed by atoms with Crippen LogP contribution in [0.2, 0.25) is 0 Å². The highest BCUT2D eigenvalue weighted by Crippen LogP contribution is 2.21. The first kappa shape index (κ1) is 18.2. The molecule has 0 atom stereocenters. The van der Waals surface area contributed by atoms with Gasteiger partial charge in [-0.3, -0.25) is 4.79 Å². The van der Waals surface area contributed by atoms with E-state index in [9.17, 15) is 13.2 Å². The zero-order chi connectivity index (χ0) is 17.7. The second-order valence-electron chi connectivity index (χ2n) is 4.97. The van der Waals surface area contributed by atoms with E-state index in [0.717, 1.165) is 10.0 Å². The third-order valence-electron chi connectivity index (χ3n) is 3.21. The van der Waals surface area contributed by atoms with Crippen LogP contribution in [0.4, 0.5) is 5.69 Å². The maximum absolute atomic E-state index is 12.4. The number of sulfonamides is 1.